The van der Waals surface area contributed by atoms with Crippen LogP contribution < -0.4 is 10.6 Å². The second-order valence-corrected chi connectivity index (χ2v) is 12.1. The number of methoxy groups -OCH3 is 1. The number of benzene rings is 2. The highest BCUT2D eigenvalue weighted by Crippen LogP contribution is 2.45. The van der Waals surface area contributed by atoms with Crippen molar-refractivity contribution in [3.8, 4) is 11.1 Å². The molecule has 8 heteroatoms. The minimum absolute atomic E-state index is 0.0238. The van der Waals surface area contributed by atoms with Crippen LogP contribution in [0.2, 0.25) is 0 Å². The van der Waals surface area contributed by atoms with Crippen molar-refractivity contribution in [1.29, 1.82) is 0 Å². The molecular formula is C34H48FN3O4. The van der Waals surface area contributed by atoms with Crippen LogP contribution in [0.3, 0.4) is 0 Å². The Morgan fingerprint density at radius 3 is 2.60 bits per heavy atom. The number of ether oxygens (including phenoxy) is 1. The van der Waals surface area contributed by atoms with Gasteiger partial charge in [0.15, 0.2) is 0 Å². The van der Waals surface area contributed by atoms with E-state index in [0.717, 1.165) is 62.6 Å². The third kappa shape index (κ3) is 7.51. The van der Waals surface area contributed by atoms with E-state index in [1.165, 1.54) is 13.2 Å². The van der Waals surface area contributed by atoms with Gasteiger partial charge < -0.3 is 25.4 Å². The second-order valence-electron chi connectivity index (χ2n) is 12.1. The predicted octanol–water partition coefficient (Wildman–Crippen LogP) is 5.64. The smallest absolute Gasteiger partial charge is 0.406 e. The molecule has 0 aromatic heterocycles. The lowest BCUT2D eigenvalue weighted by Crippen LogP contribution is -2.50. The lowest BCUT2D eigenvalue weighted by molar-refractivity contribution is -0.142. The number of hydrogen-bond acceptors (Lipinski definition) is 5. The van der Waals surface area contributed by atoms with E-state index in [2.05, 4.69) is 17.6 Å². The van der Waals surface area contributed by atoms with Gasteiger partial charge in [0, 0.05) is 37.0 Å². The molecule has 1 aliphatic carbocycles. The van der Waals surface area contributed by atoms with Gasteiger partial charge in [0.2, 0.25) is 5.91 Å². The number of likely N-dealkylation sites (tertiary alicyclic amines) is 1. The number of nitrogens with zero attached hydrogens (tertiary/aromatic N) is 1. The fraction of sp³-hybridized carbons (Fsp3) is 0.588. The topological polar surface area (TPSA) is 90.9 Å². The summed E-state index contributed by atoms with van der Waals surface area (Å²) in [5.41, 5.74) is 1.37. The molecule has 0 spiro atoms. The lowest BCUT2D eigenvalue weighted by Gasteiger charge is -2.44. The van der Waals surface area contributed by atoms with Crippen LogP contribution in [0.25, 0.3) is 11.1 Å². The summed E-state index contributed by atoms with van der Waals surface area (Å²) < 4.78 is 20.4. The van der Waals surface area contributed by atoms with Crippen molar-refractivity contribution in [2.24, 2.45) is 17.8 Å². The molecule has 2 aliphatic rings. The number of aryl methyl sites for hydroxylation is 1. The third-order valence-electron chi connectivity index (χ3n) is 9.39. The molecule has 1 heterocycles. The number of alkyl carbamates (subject to hydrolysis) is 1. The van der Waals surface area contributed by atoms with Crippen molar-refractivity contribution in [1.82, 2.24) is 15.5 Å². The molecule has 42 heavy (non-hydrogen) atoms. The summed E-state index contributed by atoms with van der Waals surface area (Å²) in [6.07, 6.45) is 6.48. The molecule has 2 atom stereocenters. The van der Waals surface area contributed by atoms with E-state index < -0.39 is 11.7 Å². The van der Waals surface area contributed by atoms with Gasteiger partial charge in [-0.1, -0.05) is 43.3 Å². The van der Waals surface area contributed by atoms with Gasteiger partial charge in [-0.25, -0.2) is 9.18 Å². The standard InChI is InChI=1S/C34H48FN3O4/c1-4-24-9-5-10-27(21-24)31-29(12-6-13-30(31)35)34(41,18-8-19-37-33(40)42-3)28-11-7-20-38(23-28)32(39)26-16-14-25(15-17-26)22-36-2/h5-6,9-10,12-13,21,25-26,28,36,41H,4,7-8,11,14-20,22-23H2,1-3H3,(H,37,40)/t25-,26-,28-,34+/m1/s1. The van der Waals surface area contributed by atoms with Gasteiger partial charge in [-0.3, -0.25) is 4.79 Å². The van der Waals surface area contributed by atoms with E-state index in [1.807, 2.05) is 42.3 Å². The van der Waals surface area contributed by atoms with E-state index in [-0.39, 0.29) is 23.6 Å². The van der Waals surface area contributed by atoms with Crippen molar-refractivity contribution in [3.05, 3.63) is 59.4 Å². The molecule has 2 amide bonds. The average molecular weight is 582 g/mol. The number of hydrogen-bond donors (Lipinski definition) is 3. The van der Waals surface area contributed by atoms with Crippen molar-refractivity contribution in [2.45, 2.75) is 70.3 Å². The predicted molar refractivity (Wildman–Crippen MR) is 163 cm³/mol. The first-order valence-corrected chi connectivity index (χ1v) is 15.7. The Hall–Kier alpha value is -2.97. The summed E-state index contributed by atoms with van der Waals surface area (Å²) >= 11 is 0. The van der Waals surface area contributed by atoms with Crippen LogP contribution in [0.15, 0.2) is 42.5 Å². The van der Waals surface area contributed by atoms with Crippen LogP contribution in [0, 0.1) is 23.6 Å². The first-order valence-electron chi connectivity index (χ1n) is 15.7. The Kier molecular flexibility index (Phi) is 11.4. The highest BCUT2D eigenvalue weighted by Gasteiger charge is 2.44. The Bertz CT molecular complexity index is 1200. The number of rotatable bonds is 11. The first-order chi connectivity index (χ1) is 20.3. The van der Waals surface area contributed by atoms with Crippen LogP contribution in [-0.2, 0) is 21.6 Å². The summed E-state index contributed by atoms with van der Waals surface area (Å²) in [5, 5.41) is 18.6. The monoisotopic (exact) mass is 581 g/mol. The van der Waals surface area contributed by atoms with E-state index in [0.29, 0.717) is 49.5 Å². The molecule has 3 N–H and O–H groups in total. The van der Waals surface area contributed by atoms with Crippen molar-refractivity contribution >= 4 is 12.0 Å². The molecule has 1 aliphatic heterocycles. The van der Waals surface area contributed by atoms with Crippen LogP contribution in [0.1, 0.15) is 69.4 Å². The minimum atomic E-state index is -1.40. The molecule has 230 valence electrons. The molecule has 1 saturated carbocycles. The summed E-state index contributed by atoms with van der Waals surface area (Å²) in [7, 11) is 3.29. The number of aliphatic hydroxyl groups is 1. The Morgan fingerprint density at radius 1 is 1.12 bits per heavy atom. The van der Waals surface area contributed by atoms with Gasteiger partial charge in [0.25, 0.3) is 0 Å². The zero-order valence-corrected chi connectivity index (χ0v) is 25.5. The molecule has 2 fully saturated rings. The van der Waals surface area contributed by atoms with Crippen molar-refractivity contribution in [3.63, 3.8) is 0 Å². The van der Waals surface area contributed by atoms with Crippen LogP contribution in [-0.4, -0.2) is 62.3 Å². The van der Waals surface area contributed by atoms with E-state index in [9.17, 15) is 14.7 Å². The van der Waals surface area contributed by atoms with Gasteiger partial charge in [0.1, 0.15) is 5.82 Å². The highest BCUT2D eigenvalue weighted by molar-refractivity contribution is 5.79. The third-order valence-corrected chi connectivity index (χ3v) is 9.39. The lowest BCUT2D eigenvalue weighted by atomic mass is 9.71. The molecule has 1 saturated heterocycles. The zero-order valence-electron chi connectivity index (χ0n) is 25.5. The summed E-state index contributed by atoms with van der Waals surface area (Å²) in [6, 6.07) is 12.8. The van der Waals surface area contributed by atoms with Crippen LogP contribution in [0.5, 0.6) is 0 Å². The number of halogens is 1. The van der Waals surface area contributed by atoms with Gasteiger partial charge >= 0.3 is 6.09 Å². The first kappa shape index (κ1) is 32.0. The molecule has 0 bridgehead atoms. The maximum atomic E-state index is 15.7. The van der Waals surface area contributed by atoms with Gasteiger partial charge in [-0.15, -0.1) is 0 Å². The Labute approximate surface area is 250 Å². The number of piperidine rings is 1. The molecule has 4 rings (SSSR count). The van der Waals surface area contributed by atoms with Crippen molar-refractivity contribution < 1.29 is 23.8 Å². The van der Waals surface area contributed by atoms with E-state index >= 15 is 4.39 Å². The van der Waals surface area contributed by atoms with Crippen LogP contribution in [0.4, 0.5) is 9.18 Å². The fourth-order valence-electron chi connectivity index (χ4n) is 7.03. The molecule has 0 radical (unpaired) electrons. The number of nitrogens with one attached hydrogen (secondary N) is 2. The Balaban J connectivity index is 1.63. The maximum absolute atomic E-state index is 15.7. The molecule has 0 unspecified atom stereocenters. The summed E-state index contributed by atoms with van der Waals surface area (Å²) in [6.45, 7) is 4.48. The second kappa shape index (κ2) is 15.0. The normalized spacial score (nSPS) is 22.3. The molecular weight excluding hydrogens is 533 g/mol. The summed E-state index contributed by atoms with van der Waals surface area (Å²) in [4.78, 5) is 27.3. The summed E-state index contributed by atoms with van der Waals surface area (Å²) in [5.74, 6) is 0.176. The van der Waals surface area contributed by atoms with E-state index in [4.69, 9.17) is 4.74 Å². The minimum Gasteiger partial charge on any atom is -0.453 e. The van der Waals surface area contributed by atoms with Gasteiger partial charge in [-0.05, 0) is 100 Å². The zero-order chi connectivity index (χ0) is 30.1. The quantitative estimate of drug-likeness (QED) is 0.299. The number of amides is 2. The number of carbonyl (C=O) groups excluding carboxylic acids is 2. The number of carbonyl (C=O) groups is 2. The van der Waals surface area contributed by atoms with E-state index in [1.54, 1.807) is 6.07 Å². The molecule has 2 aromatic rings. The fourth-order valence-corrected chi connectivity index (χ4v) is 7.03. The highest BCUT2D eigenvalue weighted by atomic mass is 19.1. The van der Waals surface area contributed by atoms with Gasteiger partial charge in [0.05, 0.1) is 12.7 Å². The molecule has 7 nitrogen and oxygen atoms in total. The Morgan fingerprint density at radius 2 is 1.88 bits per heavy atom. The molecule has 2 aromatic carbocycles. The average Bonchev–Trinajstić information content (AvgIpc) is 3.03. The van der Waals surface area contributed by atoms with Crippen molar-refractivity contribution in [2.75, 3.05) is 40.3 Å². The van der Waals surface area contributed by atoms with Crippen LogP contribution >= 0.6 is 0 Å². The maximum Gasteiger partial charge on any atom is 0.406 e. The largest absolute Gasteiger partial charge is 0.453 e. The SMILES string of the molecule is CCc1cccc(-c2c(F)cccc2[C@](O)(CCCNC(=O)OC)[C@@H]2CCCN(C(=O)[C@H]3CC[C@H](CNC)CC3)C2)c1. The van der Waals surface area contributed by atoms with Gasteiger partial charge in [-0.2, -0.15) is 0 Å².